The first kappa shape index (κ1) is 12.2. The van der Waals surface area contributed by atoms with Crippen molar-refractivity contribution in [1.29, 1.82) is 0 Å². The van der Waals surface area contributed by atoms with E-state index in [1.54, 1.807) is 0 Å². The summed E-state index contributed by atoms with van der Waals surface area (Å²) in [5, 5.41) is 0. The molecule has 15 heavy (non-hydrogen) atoms. The Morgan fingerprint density at radius 2 is 1.87 bits per heavy atom. The molecule has 0 bridgehead atoms. The van der Waals surface area contributed by atoms with E-state index in [4.69, 9.17) is 5.73 Å². The van der Waals surface area contributed by atoms with Crippen LogP contribution in [0.15, 0.2) is 12.1 Å². The molecule has 84 valence electrons. The monoisotopic (exact) mass is 206 g/mol. The molecule has 0 spiro atoms. The summed E-state index contributed by atoms with van der Waals surface area (Å²) in [5.74, 6) is 0.717. The number of aryl methyl sites for hydroxylation is 2. The average Bonchev–Trinajstić information content (AvgIpc) is 2.14. The van der Waals surface area contributed by atoms with Crippen LogP contribution in [-0.2, 0) is 0 Å². The molecule has 1 heterocycles. The summed E-state index contributed by atoms with van der Waals surface area (Å²) in [6.45, 7) is 8.51. The summed E-state index contributed by atoms with van der Waals surface area (Å²) >= 11 is 0. The third kappa shape index (κ3) is 3.63. The second-order valence-corrected chi connectivity index (χ2v) is 4.70. The van der Waals surface area contributed by atoms with Crippen LogP contribution in [0.25, 0.3) is 0 Å². The van der Waals surface area contributed by atoms with Gasteiger partial charge in [-0.25, -0.2) is 0 Å². The average molecular weight is 206 g/mol. The van der Waals surface area contributed by atoms with Gasteiger partial charge in [-0.1, -0.05) is 19.9 Å². The number of nitrogens with zero attached hydrogens (tertiary/aromatic N) is 1. The molecule has 2 nitrogen and oxygen atoms in total. The predicted octanol–water partition coefficient (Wildman–Crippen LogP) is 3.13. The molecule has 0 fully saturated rings. The highest BCUT2D eigenvalue weighted by atomic mass is 14.7. The SMILES string of the molecule is Cc1ccc(C(N)CCC(C)C)c(C)n1. The number of nitrogens with two attached hydrogens (primary N) is 1. The van der Waals surface area contributed by atoms with Gasteiger partial charge in [0, 0.05) is 17.4 Å². The third-order valence-corrected chi connectivity index (χ3v) is 2.72. The summed E-state index contributed by atoms with van der Waals surface area (Å²) in [6, 6.07) is 4.29. The first-order chi connectivity index (χ1) is 7.00. The molecule has 0 saturated heterocycles. The maximum Gasteiger partial charge on any atom is 0.0423 e. The van der Waals surface area contributed by atoms with Gasteiger partial charge in [-0.15, -0.1) is 0 Å². The lowest BCUT2D eigenvalue weighted by molar-refractivity contribution is 0.505. The Kier molecular flexibility index (Phi) is 4.28. The molecular weight excluding hydrogens is 184 g/mol. The minimum absolute atomic E-state index is 0.139. The zero-order valence-electron chi connectivity index (χ0n) is 10.2. The summed E-state index contributed by atoms with van der Waals surface area (Å²) in [4.78, 5) is 4.44. The van der Waals surface area contributed by atoms with Crippen LogP contribution >= 0.6 is 0 Å². The van der Waals surface area contributed by atoms with Crippen molar-refractivity contribution in [1.82, 2.24) is 4.98 Å². The van der Waals surface area contributed by atoms with Gasteiger partial charge in [-0.2, -0.15) is 0 Å². The van der Waals surface area contributed by atoms with Crippen molar-refractivity contribution in [3.63, 3.8) is 0 Å². The van der Waals surface area contributed by atoms with E-state index in [1.807, 2.05) is 19.9 Å². The fourth-order valence-electron chi connectivity index (χ4n) is 1.76. The quantitative estimate of drug-likeness (QED) is 0.822. The van der Waals surface area contributed by atoms with Crippen LogP contribution < -0.4 is 5.73 Å². The van der Waals surface area contributed by atoms with E-state index in [0.29, 0.717) is 0 Å². The fourth-order valence-corrected chi connectivity index (χ4v) is 1.76. The second kappa shape index (κ2) is 5.26. The molecule has 0 aliphatic rings. The molecule has 0 amide bonds. The number of aromatic nitrogens is 1. The van der Waals surface area contributed by atoms with Crippen molar-refractivity contribution >= 4 is 0 Å². The van der Waals surface area contributed by atoms with Gasteiger partial charge in [-0.3, -0.25) is 4.98 Å². The zero-order valence-corrected chi connectivity index (χ0v) is 10.2. The van der Waals surface area contributed by atoms with Gasteiger partial charge in [0.15, 0.2) is 0 Å². The number of hydrogen-bond donors (Lipinski definition) is 1. The van der Waals surface area contributed by atoms with Gasteiger partial charge >= 0.3 is 0 Å². The zero-order chi connectivity index (χ0) is 11.4. The minimum Gasteiger partial charge on any atom is -0.324 e. The molecule has 2 heteroatoms. The molecular formula is C13H22N2. The van der Waals surface area contributed by atoms with Crippen molar-refractivity contribution in [2.75, 3.05) is 0 Å². The third-order valence-electron chi connectivity index (χ3n) is 2.72. The summed E-state index contributed by atoms with van der Waals surface area (Å²) < 4.78 is 0. The van der Waals surface area contributed by atoms with Crippen LogP contribution in [0.2, 0.25) is 0 Å². The summed E-state index contributed by atoms with van der Waals surface area (Å²) in [6.07, 6.45) is 2.22. The van der Waals surface area contributed by atoms with E-state index in [-0.39, 0.29) is 6.04 Å². The van der Waals surface area contributed by atoms with E-state index in [2.05, 4.69) is 24.9 Å². The van der Waals surface area contributed by atoms with E-state index >= 15 is 0 Å². The van der Waals surface area contributed by atoms with Gasteiger partial charge in [0.2, 0.25) is 0 Å². The lowest BCUT2D eigenvalue weighted by atomic mass is 9.97. The maximum atomic E-state index is 6.15. The number of pyridine rings is 1. The normalized spacial score (nSPS) is 13.2. The van der Waals surface area contributed by atoms with Gasteiger partial charge in [0.1, 0.15) is 0 Å². The first-order valence-electron chi connectivity index (χ1n) is 5.70. The summed E-state index contributed by atoms with van der Waals surface area (Å²) in [5.41, 5.74) is 9.49. The summed E-state index contributed by atoms with van der Waals surface area (Å²) in [7, 11) is 0. The van der Waals surface area contributed by atoms with E-state index in [9.17, 15) is 0 Å². The molecule has 0 aliphatic carbocycles. The van der Waals surface area contributed by atoms with Crippen molar-refractivity contribution in [2.45, 2.75) is 46.6 Å². The lowest BCUT2D eigenvalue weighted by Crippen LogP contribution is -2.13. The van der Waals surface area contributed by atoms with Crippen molar-refractivity contribution < 1.29 is 0 Å². The molecule has 1 aromatic heterocycles. The minimum atomic E-state index is 0.139. The second-order valence-electron chi connectivity index (χ2n) is 4.70. The highest BCUT2D eigenvalue weighted by Gasteiger charge is 2.10. The Labute approximate surface area is 92.9 Å². The van der Waals surface area contributed by atoms with Crippen LogP contribution in [0.5, 0.6) is 0 Å². The van der Waals surface area contributed by atoms with E-state index in [1.165, 1.54) is 12.0 Å². The maximum absolute atomic E-state index is 6.15. The van der Waals surface area contributed by atoms with E-state index in [0.717, 1.165) is 23.7 Å². The van der Waals surface area contributed by atoms with Gasteiger partial charge in [0.05, 0.1) is 0 Å². The Bertz CT molecular complexity index is 318. The predicted molar refractivity (Wildman–Crippen MR) is 64.7 cm³/mol. The molecule has 1 aromatic rings. The molecule has 0 aliphatic heterocycles. The molecule has 1 atom stereocenters. The molecule has 1 unspecified atom stereocenters. The molecule has 1 rings (SSSR count). The Morgan fingerprint density at radius 1 is 1.20 bits per heavy atom. The topological polar surface area (TPSA) is 38.9 Å². The molecule has 2 N–H and O–H groups in total. The number of hydrogen-bond acceptors (Lipinski definition) is 2. The molecule has 0 saturated carbocycles. The van der Waals surface area contributed by atoms with E-state index < -0.39 is 0 Å². The Hall–Kier alpha value is -0.890. The first-order valence-corrected chi connectivity index (χ1v) is 5.70. The van der Waals surface area contributed by atoms with Crippen molar-refractivity contribution in [3.05, 3.63) is 29.1 Å². The Balaban J connectivity index is 2.69. The van der Waals surface area contributed by atoms with Crippen LogP contribution in [-0.4, -0.2) is 4.98 Å². The lowest BCUT2D eigenvalue weighted by Gasteiger charge is -2.15. The van der Waals surface area contributed by atoms with Gasteiger partial charge in [0.25, 0.3) is 0 Å². The largest absolute Gasteiger partial charge is 0.324 e. The van der Waals surface area contributed by atoms with Crippen LogP contribution in [0.3, 0.4) is 0 Å². The highest BCUT2D eigenvalue weighted by molar-refractivity contribution is 5.24. The van der Waals surface area contributed by atoms with Gasteiger partial charge in [-0.05, 0) is 44.2 Å². The Morgan fingerprint density at radius 3 is 2.40 bits per heavy atom. The van der Waals surface area contributed by atoms with Crippen LogP contribution in [0.1, 0.15) is 49.7 Å². The fraction of sp³-hybridized carbons (Fsp3) is 0.615. The van der Waals surface area contributed by atoms with Crippen molar-refractivity contribution in [2.24, 2.45) is 11.7 Å². The standard InChI is InChI=1S/C13H22N2/c1-9(2)5-8-13(14)12-7-6-10(3)15-11(12)4/h6-7,9,13H,5,8,14H2,1-4H3. The number of rotatable bonds is 4. The van der Waals surface area contributed by atoms with Crippen LogP contribution in [0, 0.1) is 19.8 Å². The highest BCUT2D eigenvalue weighted by Crippen LogP contribution is 2.20. The smallest absolute Gasteiger partial charge is 0.0423 e. The molecule has 0 radical (unpaired) electrons. The van der Waals surface area contributed by atoms with Crippen LogP contribution in [0.4, 0.5) is 0 Å². The molecule has 0 aromatic carbocycles. The van der Waals surface area contributed by atoms with Gasteiger partial charge < -0.3 is 5.73 Å². The van der Waals surface area contributed by atoms with Crippen molar-refractivity contribution in [3.8, 4) is 0 Å².